The Kier molecular flexibility index (Phi) is 4.51. The first-order valence-electron chi connectivity index (χ1n) is 8.08. The molecule has 0 amide bonds. The van der Waals surface area contributed by atoms with Gasteiger partial charge in [-0.1, -0.05) is 25.1 Å². The second-order valence-electron chi connectivity index (χ2n) is 6.06. The highest BCUT2D eigenvalue weighted by atomic mass is 15.2. The van der Waals surface area contributed by atoms with Gasteiger partial charge in [-0.3, -0.25) is 9.88 Å². The van der Waals surface area contributed by atoms with E-state index in [0.717, 1.165) is 30.8 Å². The van der Waals surface area contributed by atoms with Crippen molar-refractivity contribution in [1.82, 2.24) is 15.2 Å². The maximum Gasteiger partial charge on any atom is 0.0708 e. The molecule has 3 heteroatoms. The summed E-state index contributed by atoms with van der Waals surface area (Å²) < 4.78 is 0. The minimum atomic E-state index is 0.678. The maximum atomic E-state index is 4.66. The molecule has 1 saturated heterocycles. The van der Waals surface area contributed by atoms with Crippen molar-refractivity contribution < 1.29 is 0 Å². The smallest absolute Gasteiger partial charge is 0.0708 e. The minimum Gasteiger partial charge on any atom is -0.315 e. The van der Waals surface area contributed by atoms with Gasteiger partial charge in [0.05, 0.1) is 5.52 Å². The van der Waals surface area contributed by atoms with E-state index >= 15 is 0 Å². The molecule has 0 saturated carbocycles. The van der Waals surface area contributed by atoms with Crippen LogP contribution in [0.2, 0.25) is 0 Å². The third kappa shape index (κ3) is 3.25. The number of fused-ring (bicyclic) bond motifs is 1. The van der Waals surface area contributed by atoms with Crippen LogP contribution in [0.5, 0.6) is 0 Å². The van der Waals surface area contributed by atoms with Crippen LogP contribution in [0.25, 0.3) is 10.9 Å². The highest BCUT2D eigenvalue weighted by Gasteiger charge is 2.22. The number of nitrogens with zero attached hydrogens (tertiary/aromatic N) is 2. The van der Waals surface area contributed by atoms with E-state index in [1.165, 1.54) is 30.3 Å². The van der Waals surface area contributed by atoms with Gasteiger partial charge in [0.1, 0.15) is 0 Å². The average Bonchev–Trinajstić information content (AvgIpc) is 3.00. The predicted molar refractivity (Wildman–Crippen MR) is 88.5 cm³/mol. The lowest BCUT2D eigenvalue weighted by Crippen LogP contribution is -2.37. The molecule has 1 N–H and O–H groups in total. The molecule has 1 unspecified atom stereocenters. The first kappa shape index (κ1) is 14.5. The number of benzene rings is 1. The molecule has 0 spiro atoms. The third-order valence-corrected chi connectivity index (χ3v) is 4.36. The van der Waals surface area contributed by atoms with Crippen LogP contribution in [0, 0.1) is 6.92 Å². The van der Waals surface area contributed by atoms with Crippen LogP contribution < -0.4 is 5.32 Å². The van der Waals surface area contributed by atoms with Crippen molar-refractivity contribution in [3.63, 3.8) is 0 Å². The summed E-state index contributed by atoms with van der Waals surface area (Å²) in [5.41, 5.74) is 3.65. The van der Waals surface area contributed by atoms with E-state index in [9.17, 15) is 0 Å². The molecule has 1 aromatic heterocycles. The van der Waals surface area contributed by atoms with Gasteiger partial charge < -0.3 is 5.32 Å². The summed E-state index contributed by atoms with van der Waals surface area (Å²) in [5.74, 6) is 0. The van der Waals surface area contributed by atoms with Crippen LogP contribution in [0.3, 0.4) is 0 Å². The molecule has 0 aliphatic carbocycles. The Labute approximate surface area is 127 Å². The van der Waals surface area contributed by atoms with Crippen molar-refractivity contribution in [2.24, 2.45) is 0 Å². The summed E-state index contributed by atoms with van der Waals surface area (Å²) >= 11 is 0. The summed E-state index contributed by atoms with van der Waals surface area (Å²) in [5, 5.41) is 4.79. The largest absolute Gasteiger partial charge is 0.315 e. The second kappa shape index (κ2) is 6.54. The lowest BCUT2D eigenvalue weighted by Gasteiger charge is -2.28. The van der Waals surface area contributed by atoms with E-state index in [2.05, 4.69) is 59.4 Å². The summed E-state index contributed by atoms with van der Waals surface area (Å²) in [6.45, 7) is 8.84. The summed E-state index contributed by atoms with van der Waals surface area (Å²) in [4.78, 5) is 7.30. The molecule has 21 heavy (non-hydrogen) atoms. The van der Waals surface area contributed by atoms with Gasteiger partial charge >= 0.3 is 0 Å². The Bertz CT molecular complexity index is 602. The van der Waals surface area contributed by atoms with Crippen molar-refractivity contribution >= 4 is 10.9 Å². The first-order valence-corrected chi connectivity index (χ1v) is 8.08. The number of aryl methyl sites for hydroxylation is 1. The number of nitrogens with one attached hydrogen (secondary N) is 1. The third-order valence-electron chi connectivity index (χ3n) is 4.36. The molecule has 3 nitrogen and oxygen atoms in total. The van der Waals surface area contributed by atoms with Crippen molar-refractivity contribution in [1.29, 1.82) is 0 Å². The maximum absolute atomic E-state index is 4.66. The Morgan fingerprint density at radius 1 is 1.33 bits per heavy atom. The fourth-order valence-electron chi connectivity index (χ4n) is 3.37. The lowest BCUT2D eigenvalue weighted by molar-refractivity contribution is 0.200. The molecule has 2 aromatic rings. The van der Waals surface area contributed by atoms with E-state index < -0.39 is 0 Å². The molecular weight excluding hydrogens is 258 g/mol. The van der Waals surface area contributed by atoms with Crippen LogP contribution >= 0.6 is 0 Å². The van der Waals surface area contributed by atoms with E-state index in [4.69, 9.17) is 0 Å². The number of para-hydroxylation sites is 1. The van der Waals surface area contributed by atoms with E-state index in [1.54, 1.807) is 0 Å². The molecule has 0 radical (unpaired) electrons. The zero-order valence-corrected chi connectivity index (χ0v) is 13.1. The fourth-order valence-corrected chi connectivity index (χ4v) is 3.37. The topological polar surface area (TPSA) is 28.2 Å². The number of hydrogen-bond donors (Lipinski definition) is 1. The molecule has 1 aromatic carbocycles. The number of hydrogen-bond acceptors (Lipinski definition) is 3. The molecule has 1 fully saturated rings. The van der Waals surface area contributed by atoms with Gasteiger partial charge in [-0.2, -0.15) is 0 Å². The molecule has 1 aliphatic heterocycles. The van der Waals surface area contributed by atoms with Gasteiger partial charge in [-0.15, -0.1) is 0 Å². The number of pyridine rings is 1. The predicted octanol–water partition coefficient (Wildman–Crippen LogP) is 3.12. The van der Waals surface area contributed by atoms with Crippen LogP contribution in [-0.2, 0) is 6.54 Å². The molecule has 3 rings (SSSR count). The molecular formula is C18H25N3. The monoisotopic (exact) mass is 283 g/mol. The zero-order chi connectivity index (χ0) is 14.7. The van der Waals surface area contributed by atoms with Gasteiger partial charge in [0.2, 0.25) is 0 Å². The van der Waals surface area contributed by atoms with E-state index in [-0.39, 0.29) is 0 Å². The SMILES string of the molecule is CCCN(Cc1cc(C)nc2ccccc12)C1CCNC1. The van der Waals surface area contributed by atoms with Crippen LogP contribution in [0.15, 0.2) is 30.3 Å². The Balaban J connectivity index is 1.91. The number of aromatic nitrogens is 1. The molecule has 112 valence electrons. The summed E-state index contributed by atoms with van der Waals surface area (Å²) in [6, 6.07) is 11.4. The van der Waals surface area contributed by atoms with Crippen LogP contribution in [-0.4, -0.2) is 35.6 Å². The molecule has 1 aliphatic rings. The minimum absolute atomic E-state index is 0.678. The van der Waals surface area contributed by atoms with Gasteiger partial charge in [-0.05, 0) is 50.6 Å². The van der Waals surface area contributed by atoms with Crippen LogP contribution in [0.1, 0.15) is 31.0 Å². The lowest BCUT2D eigenvalue weighted by atomic mass is 10.1. The van der Waals surface area contributed by atoms with E-state index in [0.29, 0.717) is 6.04 Å². The summed E-state index contributed by atoms with van der Waals surface area (Å²) in [7, 11) is 0. The van der Waals surface area contributed by atoms with Crippen molar-refractivity contribution in [3.8, 4) is 0 Å². The fraction of sp³-hybridized carbons (Fsp3) is 0.500. The van der Waals surface area contributed by atoms with Gasteiger partial charge in [0.15, 0.2) is 0 Å². The molecule has 0 bridgehead atoms. The van der Waals surface area contributed by atoms with Crippen molar-refractivity contribution in [2.45, 2.75) is 39.3 Å². The first-order chi connectivity index (χ1) is 10.3. The second-order valence-corrected chi connectivity index (χ2v) is 6.06. The zero-order valence-electron chi connectivity index (χ0n) is 13.1. The highest BCUT2D eigenvalue weighted by molar-refractivity contribution is 5.82. The van der Waals surface area contributed by atoms with Gasteiger partial charge in [-0.25, -0.2) is 0 Å². The quantitative estimate of drug-likeness (QED) is 0.914. The average molecular weight is 283 g/mol. The highest BCUT2D eigenvalue weighted by Crippen LogP contribution is 2.22. The van der Waals surface area contributed by atoms with Gasteiger partial charge in [0, 0.05) is 30.2 Å². The van der Waals surface area contributed by atoms with Crippen molar-refractivity contribution in [2.75, 3.05) is 19.6 Å². The molecule has 2 heterocycles. The Hall–Kier alpha value is -1.45. The molecule has 1 atom stereocenters. The Morgan fingerprint density at radius 2 is 2.19 bits per heavy atom. The Morgan fingerprint density at radius 3 is 2.95 bits per heavy atom. The number of rotatable bonds is 5. The normalized spacial score (nSPS) is 18.7. The van der Waals surface area contributed by atoms with Gasteiger partial charge in [0.25, 0.3) is 0 Å². The van der Waals surface area contributed by atoms with E-state index in [1.807, 2.05) is 0 Å². The standard InChI is InChI=1S/C18H25N3/c1-3-10-21(16-8-9-19-12-16)13-15-11-14(2)20-18-7-5-4-6-17(15)18/h4-7,11,16,19H,3,8-10,12-13H2,1-2H3. The summed E-state index contributed by atoms with van der Waals surface area (Å²) in [6.07, 6.45) is 2.47. The van der Waals surface area contributed by atoms with Crippen molar-refractivity contribution in [3.05, 3.63) is 41.6 Å². The van der Waals surface area contributed by atoms with Crippen LogP contribution in [0.4, 0.5) is 0 Å².